The molecule has 1 unspecified atom stereocenters. The first-order chi connectivity index (χ1) is 12.0. The van der Waals surface area contributed by atoms with Crippen LogP contribution in [0.1, 0.15) is 62.7 Å². The molecular weight excluding hydrogens is 334 g/mol. The topological polar surface area (TPSA) is 70.2 Å². The van der Waals surface area contributed by atoms with Gasteiger partial charge < -0.3 is 16.0 Å². The van der Waals surface area contributed by atoms with E-state index in [-0.39, 0.29) is 23.8 Å². The largest absolute Gasteiger partial charge is 0.350 e. The molecule has 1 aliphatic carbocycles. The van der Waals surface area contributed by atoms with Crippen LogP contribution < -0.4 is 16.0 Å². The van der Waals surface area contributed by atoms with Crippen LogP contribution in [0.15, 0.2) is 24.3 Å². The molecule has 2 rings (SSSR count). The number of hydrogen-bond acceptors (Lipinski definition) is 3. The first-order valence-corrected chi connectivity index (χ1v) is 9.43. The molecule has 1 fully saturated rings. The second-order valence-electron chi connectivity index (χ2n) is 6.64. The fourth-order valence-corrected chi connectivity index (χ4v) is 3.07. The van der Waals surface area contributed by atoms with E-state index in [9.17, 15) is 9.59 Å². The maximum atomic E-state index is 12.2. The molecule has 0 saturated heterocycles. The first kappa shape index (κ1) is 19.4. The summed E-state index contributed by atoms with van der Waals surface area (Å²) in [5.41, 5.74) is 1.34. The van der Waals surface area contributed by atoms with Gasteiger partial charge in [-0.15, -0.1) is 0 Å². The molecule has 0 aliphatic heterocycles. The summed E-state index contributed by atoms with van der Waals surface area (Å²) in [6.07, 6.45) is 6.20. The summed E-state index contributed by atoms with van der Waals surface area (Å²) in [6.45, 7) is 4.00. The lowest BCUT2D eigenvalue weighted by molar-refractivity contribution is -0.124. The van der Waals surface area contributed by atoms with Crippen molar-refractivity contribution in [2.45, 2.75) is 58.4 Å². The fourth-order valence-electron chi connectivity index (χ4n) is 2.86. The van der Waals surface area contributed by atoms with Crippen LogP contribution in [0.2, 0.25) is 0 Å². The van der Waals surface area contributed by atoms with Crippen molar-refractivity contribution in [2.75, 3.05) is 5.32 Å². The van der Waals surface area contributed by atoms with Gasteiger partial charge in [0.1, 0.15) is 0 Å². The number of thiocarbonyl (C=S) groups is 1. The van der Waals surface area contributed by atoms with E-state index in [2.05, 4.69) is 16.0 Å². The van der Waals surface area contributed by atoms with E-state index in [0.29, 0.717) is 10.7 Å². The molecule has 1 aromatic rings. The molecule has 3 N–H and O–H groups in total. The molecule has 1 atom stereocenters. The lowest BCUT2D eigenvalue weighted by atomic mass is 9.89. The average molecular weight is 362 g/mol. The van der Waals surface area contributed by atoms with Crippen LogP contribution >= 0.6 is 12.2 Å². The molecular formula is C19H27N3O2S. The van der Waals surface area contributed by atoms with E-state index < -0.39 is 0 Å². The number of carbonyl (C=O) groups is 2. The van der Waals surface area contributed by atoms with E-state index in [4.69, 9.17) is 12.2 Å². The Morgan fingerprint density at radius 3 is 2.40 bits per heavy atom. The second-order valence-corrected chi connectivity index (χ2v) is 7.05. The van der Waals surface area contributed by atoms with E-state index in [1.807, 2.05) is 13.8 Å². The maximum Gasteiger partial charge on any atom is 0.251 e. The molecule has 1 saturated carbocycles. The van der Waals surface area contributed by atoms with Crippen molar-refractivity contribution in [3.05, 3.63) is 29.8 Å². The average Bonchev–Trinajstić information content (AvgIpc) is 2.62. The number of anilines is 1. The molecule has 0 radical (unpaired) electrons. The Labute approximate surface area is 155 Å². The number of benzene rings is 1. The summed E-state index contributed by atoms with van der Waals surface area (Å²) in [4.78, 5) is 24.2. The van der Waals surface area contributed by atoms with Crippen LogP contribution in [0.4, 0.5) is 5.69 Å². The summed E-state index contributed by atoms with van der Waals surface area (Å²) < 4.78 is 0. The van der Waals surface area contributed by atoms with Gasteiger partial charge in [-0.3, -0.25) is 9.59 Å². The van der Waals surface area contributed by atoms with Crippen molar-refractivity contribution in [1.29, 1.82) is 0 Å². The molecule has 0 bridgehead atoms. The van der Waals surface area contributed by atoms with Crippen LogP contribution in [-0.4, -0.2) is 23.0 Å². The minimum atomic E-state index is -0.0888. The Kier molecular flexibility index (Phi) is 7.37. The Morgan fingerprint density at radius 2 is 1.80 bits per heavy atom. The molecule has 0 spiro atoms. The zero-order chi connectivity index (χ0) is 18.2. The van der Waals surface area contributed by atoms with Gasteiger partial charge in [-0.05, 0) is 62.7 Å². The van der Waals surface area contributed by atoms with Gasteiger partial charge >= 0.3 is 0 Å². The van der Waals surface area contributed by atoms with Crippen LogP contribution in [0.3, 0.4) is 0 Å². The third-order valence-corrected chi connectivity index (χ3v) is 4.81. The zero-order valence-corrected chi connectivity index (χ0v) is 15.7. The molecule has 2 amide bonds. The lowest BCUT2D eigenvalue weighted by Crippen LogP contribution is -2.39. The highest BCUT2D eigenvalue weighted by Crippen LogP contribution is 2.23. The van der Waals surface area contributed by atoms with Crippen LogP contribution in [0.5, 0.6) is 0 Å². The number of rotatable bonds is 5. The quantitative estimate of drug-likeness (QED) is 0.701. The minimum Gasteiger partial charge on any atom is -0.350 e. The van der Waals surface area contributed by atoms with E-state index >= 15 is 0 Å². The summed E-state index contributed by atoms with van der Waals surface area (Å²) in [5.74, 6) is -0.0176. The predicted molar refractivity (Wildman–Crippen MR) is 105 cm³/mol. The van der Waals surface area contributed by atoms with Crippen LogP contribution in [0, 0.1) is 5.92 Å². The molecule has 136 valence electrons. The van der Waals surface area contributed by atoms with Crippen LogP contribution in [0.25, 0.3) is 0 Å². The predicted octanol–water partition coefficient (Wildman–Crippen LogP) is 3.61. The molecule has 1 aromatic carbocycles. The highest BCUT2D eigenvalue weighted by Gasteiger charge is 2.21. The summed E-state index contributed by atoms with van der Waals surface area (Å²) in [6, 6.07) is 7.19. The third-order valence-electron chi connectivity index (χ3n) is 4.61. The number of carbonyl (C=O) groups excluding carboxylic acids is 2. The van der Waals surface area contributed by atoms with E-state index in [1.165, 1.54) is 6.42 Å². The Balaban J connectivity index is 1.84. The van der Waals surface area contributed by atoms with Crippen molar-refractivity contribution in [3.63, 3.8) is 0 Å². The second kappa shape index (κ2) is 9.51. The third kappa shape index (κ3) is 6.12. The normalized spacial score (nSPS) is 15.9. The Morgan fingerprint density at radius 1 is 1.16 bits per heavy atom. The molecule has 25 heavy (non-hydrogen) atoms. The smallest absolute Gasteiger partial charge is 0.251 e. The van der Waals surface area contributed by atoms with Crippen molar-refractivity contribution in [3.8, 4) is 0 Å². The van der Waals surface area contributed by atoms with Crippen molar-refractivity contribution in [1.82, 2.24) is 10.6 Å². The van der Waals surface area contributed by atoms with Gasteiger partial charge in [0.05, 0.1) is 0 Å². The number of hydrogen-bond donors (Lipinski definition) is 3. The lowest BCUT2D eigenvalue weighted by Gasteiger charge is -2.21. The van der Waals surface area contributed by atoms with E-state index in [0.717, 1.165) is 37.8 Å². The minimum absolute atomic E-state index is 0.00162. The standard InChI is InChI=1S/C19H27N3O2S/c1-3-13(2)20-17(23)15-9-11-16(12-10-15)21-19(25)22-18(24)14-7-5-4-6-8-14/h9-14H,3-8H2,1-2H3,(H,20,23)(H2,21,22,24,25). The SMILES string of the molecule is CCC(C)NC(=O)c1ccc(NC(=S)NC(=O)C2CCCCC2)cc1. The summed E-state index contributed by atoms with van der Waals surface area (Å²) in [5, 5.41) is 8.99. The van der Waals surface area contributed by atoms with Crippen molar-refractivity contribution < 1.29 is 9.59 Å². The van der Waals surface area contributed by atoms with Gasteiger partial charge in [0.2, 0.25) is 5.91 Å². The van der Waals surface area contributed by atoms with E-state index in [1.54, 1.807) is 24.3 Å². The van der Waals surface area contributed by atoms with Crippen molar-refractivity contribution in [2.24, 2.45) is 5.92 Å². The zero-order valence-electron chi connectivity index (χ0n) is 14.9. The highest BCUT2D eigenvalue weighted by molar-refractivity contribution is 7.80. The van der Waals surface area contributed by atoms with Gasteiger partial charge in [0.25, 0.3) is 5.91 Å². The van der Waals surface area contributed by atoms with Crippen molar-refractivity contribution >= 4 is 34.8 Å². The van der Waals surface area contributed by atoms with Gasteiger partial charge in [0.15, 0.2) is 5.11 Å². The first-order valence-electron chi connectivity index (χ1n) is 9.02. The number of nitrogens with one attached hydrogen (secondary N) is 3. The van der Waals surface area contributed by atoms with Gasteiger partial charge in [-0.2, -0.15) is 0 Å². The highest BCUT2D eigenvalue weighted by atomic mass is 32.1. The Hall–Kier alpha value is -1.95. The van der Waals surface area contributed by atoms with Gasteiger partial charge in [0, 0.05) is 23.2 Å². The van der Waals surface area contributed by atoms with Gasteiger partial charge in [-0.25, -0.2) is 0 Å². The van der Waals surface area contributed by atoms with Gasteiger partial charge in [-0.1, -0.05) is 26.2 Å². The molecule has 0 aromatic heterocycles. The molecule has 0 heterocycles. The fraction of sp³-hybridized carbons (Fsp3) is 0.526. The summed E-state index contributed by atoms with van der Waals surface area (Å²) >= 11 is 5.22. The Bertz CT molecular complexity index is 610. The van der Waals surface area contributed by atoms with Crippen LogP contribution in [-0.2, 0) is 4.79 Å². The summed E-state index contributed by atoms with van der Waals surface area (Å²) in [7, 11) is 0. The molecule has 5 nitrogen and oxygen atoms in total. The molecule has 6 heteroatoms. The monoisotopic (exact) mass is 361 g/mol. The maximum absolute atomic E-state index is 12.2. The molecule has 1 aliphatic rings. The number of amides is 2.